The van der Waals surface area contributed by atoms with Crippen LogP contribution in [0.1, 0.15) is 52.2 Å². The van der Waals surface area contributed by atoms with Crippen molar-refractivity contribution in [3.8, 4) is 0 Å². The Bertz CT molecular complexity index is 941. The molecule has 0 N–H and O–H groups in total. The largest absolute Gasteiger partial charge is 0.450 e. The van der Waals surface area contributed by atoms with E-state index >= 15 is 0 Å². The van der Waals surface area contributed by atoms with Crippen LogP contribution in [0, 0.1) is 20.8 Å². The lowest BCUT2D eigenvalue weighted by Crippen LogP contribution is -2.39. The first-order valence-corrected chi connectivity index (χ1v) is 8.63. The summed E-state index contributed by atoms with van der Waals surface area (Å²) in [7, 11) is 0. The Balaban J connectivity index is 1.62. The second kappa shape index (κ2) is 6.02. The number of para-hydroxylation sites is 1. The Hall–Kier alpha value is -2.63. The van der Waals surface area contributed by atoms with E-state index in [4.69, 9.17) is 8.94 Å². The van der Waals surface area contributed by atoms with Crippen molar-refractivity contribution < 1.29 is 13.7 Å². The topological polar surface area (TPSA) is 72.4 Å². The van der Waals surface area contributed by atoms with Gasteiger partial charge in [-0.3, -0.25) is 4.79 Å². The first kappa shape index (κ1) is 15.9. The zero-order valence-electron chi connectivity index (χ0n) is 14.7. The Labute approximate surface area is 145 Å². The summed E-state index contributed by atoms with van der Waals surface area (Å²) in [5.74, 6) is 1.74. The molecule has 0 radical (unpaired) electrons. The fraction of sp³-hybridized carbons (Fsp3) is 0.421. The number of carbonyl (C=O) groups is 1. The minimum absolute atomic E-state index is 0.0574. The lowest BCUT2D eigenvalue weighted by atomic mass is 9.97. The fourth-order valence-corrected chi connectivity index (χ4v) is 3.58. The Morgan fingerprint density at radius 3 is 2.84 bits per heavy atom. The van der Waals surface area contributed by atoms with Crippen LogP contribution in [-0.2, 0) is 0 Å². The van der Waals surface area contributed by atoms with E-state index in [-0.39, 0.29) is 11.8 Å². The molecule has 0 spiro atoms. The number of hydrogen-bond donors (Lipinski definition) is 0. The van der Waals surface area contributed by atoms with E-state index in [1.165, 1.54) is 0 Å². The van der Waals surface area contributed by atoms with Gasteiger partial charge >= 0.3 is 0 Å². The van der Waals surface area contributed by atoms with Gasteiger partial charge in [0.2, 0.25) is 5.89 Å². The van der Waals surface area contributed by atoms with Gasteiger partial charge in [0, 0.05) is 36.9 Å². The lowest BCUT2D eigenvalue weighted by molar-refractivity contribution is 0.0672. The van der Waals surface area contributed by atoms with Crippen LogP contribution in [0.25, 0.3) is 11.0 Å². The van der Waals surface area contributed by atoms with E-state index in [1.54, 1.807) is 6.92 Å². The van der Waals surface area contributed by atoms with Crippen LogP contribution in [-0.4, -0.2) is 34.0 Å². The zero-order valence-corrected chi connectivity index (χ0v) is 14.7. The Morgan fingerprint density at radius 2 is 2.12 bits per heavy atom. The highest BCUT2D eigenvalue weighted by Gasteiger charge is 2.31. The quantitative estimate of drug-likeness (QED) is 0.711. The molecule has 6 nitrogen and oxygen atoms in total. The van der Waals surface area contributed by atoms with Gasteiger partial charge in [-0.1, -0.05) is 23.4 Å². The first-order chi connectivity index (χ1) is 12.0. The summed E-state index contributed by atoms with van der Waals surface area (Å²) in [6, 6.07) is 5.98. The molecular weight excluding hydrogens is 318 g/mol. The van der Waals surface area contributed by atoms with Gasteiger partial charge < -0.3 is 13.8 Å². The predicted molar refractivity (Wildman–Crippen MR) is 92.6 cm³/mol. The summed E-state index contributed by atoms with van der Waals surface area (Å²) in [5.41, 5.74) is 2.74. The average molecular weight is 339 g/mol. The SMILES string of the molecule is Cc1nc(C2CCCN(C(=O)c3oc4c(C)cccc4c3C)C2)no1. The summed E-state index contributed by atoms with van der Waals surface area (Å²) < 4.78 is 11.0. The molecule has 6 heteroatoms. The van der Waals surface area contributed by atoms with Crippen molar-refractivity contribution in [2.75, 3.05) is 13.1 Å². The number of likely N-dealkylation sites (tertiary alicyclic amines) is 1. The van der Waals surface area contributed by atoms with E-state index < -0.39 is 0 Å². The van der Waals surface area contributed by atoms with Crippen molar-refractivity contribution in [2.24, 2.45) is 0 Å². The van der Waals surface area contributed by atoms with Crippen molar-refractivity contribution in [2.45, 2.75) is 39.5 Å². The van der Waals surface area contributed by atoms with E-state index in [1.807, 2.05) is 36.9 Å². The van der Waals surface area contributed by atoms with E-state index in [0.717, 1.165) is 41.5 Å². The number of aryl methyl sites for hydroxylation is 3. The van der Waals surface area contributed by atoms with E-state index in [2.05, 4.69) is 10.1 Å². The monoisotopic (exact) mass is 339 g/mol. The maximum atomic E-state index is 13.1. The summed E-state index contributed by atoms with van der Waals surface area (Å²) in [6.45, 7) is 7.04. The van der Waals surface area contributed by atoms with Gasteiger partial charge in [-0.2, -0.15) is 4.98 Å². The number of benzene rings is 1. The van der Waals surface area contributed by atoms with Gasteiger partial charge in [-0.25, -0.2) is 0 Å². The minimum atomic E-state index is -0.0574. The smallest absolute Gasteiger partial charge is 0.289 e. The molecule has 2 aromatic heterocycles. The van der Waals surface area contributed by atoms with Crippen molar-refractivity contribution in [1.82, 2.24) is 15.0 Å². The van der Waals surface area contributed by atoms with Crippen molar-refractivity contribution >= 4 is 16.9 Å². The van der Waals surface area contributed by atoms with Crippen molar-refractivity contribution in [3.63, 3.8) is 0 Å². The fourth-order valence-electron chi connectivity index (χ4n) is 3.58. The van der Waals surface area contributed by atoms with E-state index in [9.17, 15) is 4.79 Å². The molecule has 0 bridgehead atoms. The number of fused-ring (bicyclic) bond motifs is 1. The number of amides is 1. The van der Waals surface area contributed by atoms with Gasteiger partial charge in [-0.05, 0) is 32.3 Å². The summed E-state index contributed by atoms with van der Waals surface area (Å²) in [4.78, 5) is 19.2. The maximum Gasteiger partial charge on any atom is 0.289 e. The van der Waals surface area contributed by atoms with Crippen LogP contribution in [0.2, 0.25) is 0 Å². The molecule has 1 amide bonds. The molecule has 3 aromatic rings. The van der Waals surface area contributed by atoms with Crippen LogP contribution in [0.3, 0.4) is 0 Å². The van der Waals surface area contributed by atoms with Crippen molar-refractivity contribution in [3.05, 3.63) is 46.8 Å². The number of nitrogens with zero attached hydrogens (tertiary/aromatic N) is 3. The molecule has 4 rings (SSSR count). The number of carbonyl (C=O) groups excluding carboxylic acids is 1. The number of piperidine rings is 1. The highest BCUT2D eigenvalue weighted by Crippen LogP contribution is 2.31. The van der Waals surface area contributed by atoms with Gasteiger partial charge in [0.1, 0.15) is 5.58 Å². The third-order valence-corrected chi connectivity index (χ3v) is 4.97. The molecule has 130 valence electrons. The Kier molecular flexibility index (Phi) is 3.82. The van der Waals surface area contributed by atoms with Crippen LogP contribution < -0.4 is 0 Å². The second-order valence-electron chi connectivity index (χ2n) is 6.77. The molecule has 0 saturated carbocycles. The molecule has 25 heavy (non-hydrogen) atoms. The number of hydrogen-bond acceptors (Lipinski definition) is 5. The lowest BCUT2D eigenvalue weighted by Gasteiger charge is -2.30. The van der Waals surface area contributed by atoms with Crippen LogP contribution >= 0.6 is 0 Å². The average Bonchev–Trinajstić information content (AvgIpc) is 3.20. The molecule has 0 aliphatic carbocycles. The Morgan fingerprint density at radius 1 is 1.28 bits per heavy atom. The number of aromatic nitrogens is 2. The van der Waals surface area contributed by atoms with Crippen LogP contribution in [0.5, 0.6) is 0 Å². The third kappa shape index (κ3) is 2.71. The molecule has 1 aromatic carbocycles. The number of rotatable bonds is 2. The van der Waals surface area contributed by atoms with Gasteiger partial charge in [-0.15, -0.1) is 0 Å². The molecule has 1 unspecified atom stereocenters. The third-order valence-electron chi connectivity index (χ3n) is 4.97. The summed E-state index contributed by atoms with van der Waals surface area (Å²) in [6.07, 6.45) is 1.88. The second-order valence-corrected chi connectivity index (χ2v) is 6.77. The molecule has 1 atom stereocenters. The first-order valence-electron chi connectivity index (χ1n) is 8.63. The van der Waals surface area contributed by atoms with Crippen LogP contribution in [0.4, 0.5) is 0 Å². The summed E-state index contributed by atoms with van der Waals surface area (Å²) >= 11 is 0. The molecule has 3 heterocycles. The molecular formula is C19H21N3O3. The van der Waals surface area contributed by atoms with E-state index in [0.29, 0.717) is 24.0 Å². The molecule has 1 fully saturated rings. The highest BCUT2D eigenvalue weighted by molar-refractivity contribution is 5.99. The number of furan rings is 1. The molecule has 1 saturated heterocycles. The predicted octanol–water partition coefficient (Wildman–Crippen LogP) is 3.76. The summed E-state index contributed by atoms with van der Waals surface area (Å²) in [5, 5.41) is 5.03. The normalized spacial score (nSPS) is 18.0. The van der Waals surface area contributed by atoms with Crippen molar-refractivity contribution in [1.29, 1.82) is 0 Å². The van der Waals surface area contributed by atoms with Gasteiger partial charge in [0.25, 0.3) is 5.91 Å². The van der Waals surface area contributed by atoms with Crippen LogP contribution in [0.15, 0.2) is 27.1 Å². The minimum Gasteiger partial charge on any atom is -0.450 e. The highest BCUT2D eigenvalue weighted by atomic mass is 16.5. The molecule has 1 aliphatic heterocycles. The molecule has 1 aliphatic rings. The zero-order chi connectivity index (χ0) is 17.6. The van der Waals surface area contributed by atoms with Gasteiger partial charge in [0.15, 0.2) is 11.6 Å². The van der Waals surface area contributed by atoms with Gasteiger partial charge in [0.05, 0.1) is 0 Å². The standard InChI is InChI=1S/C19H21N3O3/c1-11-6-4-8-15-12(2)17(24-16(11)15)19(23)22-9-5-7-14(10-22)18-20-13(3)25-21-18/h4,6,8,14H,5,7,9-10H2,1-3H3. The maximum absolute atomic E-state index is 13.1.